The van der Waals surface area contributed by atoms with Crippen LogP contribution in [0.25, 0.3) is 0 Å². The number of hydrogen-bond acceptors (Lipinski definition) is 2. The van der Waals surface area contributed by atoms with E-state index in [-0.39, 0.29) is 5.69 Å². The number of alkyl halides is 11. The molecule has 0 aliphatic heterocycles. The van der Waals surface area contributed by atoms with E-state index in [2.05, 4.69) is 4.74 Å². The molecule has 0 saturated heterocycles. The molecular formula is C12H8F11NO. The van der Waals surface area contributed by atoms with Crippen LogP contribution >= 0.6 is 0 Å². The third-order valence-corrected chi connectivity index (χ3v) is 2.90. The number of nitrogen functional groups attached to an aromatic ring is 1. The molecule has 0 bridgehead atoms. The predicted octanol–water partition coefficient (Wildman–Crippen LogP) is 4.75. The number of anilines is 1. The summed E-state index contributed by atoms with van der Waals surface area (Å²) in [6, 6.07) is 3.79. The van der Waals surface area contributed by atoms with Gasteiger partial charge in [0.1, 0.15) is 5.75 Å². The van der Waals surface area contributed by atoms with Gasteiger partial charge in [0, 0.05) is 5.69 Å². The molecular weight excluding hydrogens is 383 g/mol. The van der Waals surface area contributed by atoms with Crippen molar-refractivity contribution in [2.24, 2.45) is 0 Å². The molecule has 2 N–H and O–H groups in total. The zero-order valence-corrected chi connectivity index (χ0v) is 11.7. The third-order valence-electron chi connectivity index (χ3n) is 2.90. The van der Waals surface area contributed by atoms with Gasteiger partial charge in [0.15, 0.2) is 6.61 Å². The number of ether oxygens (including phenoxy) is 1. The van der Waals surface area contributed by atoms with Crippen LogP contribution in [0.3, 0.4) is 0 Å². The molecule has 0 aliphatic carbocycles. The molecule has 0 aliphatic rings. The van der Waals surface area contributed by atoms with E-state index in [9.17, 15) is 48.3 Å². The van der Waals surface area contributed by atoms with Gasteiger partial charge in [-0.2, -0.15) is 48.3 Å². The monoisotopic (exact) mass is 391 g/mol. The molecule has 1 rings (SSSR count). The van der Waals surface area contributed by atoms with Crippen molar-refractivity contribution in [1.29, 1.82) is 0 Å². The molecule has 1 aromatic rings. The van der Waals surface area contributed by atoms with Gasteiger partial charge in [0.05, 0.1) is 0 Å². The molecule has 0 unspecified atom stereocenters. The molecule has 13 heteroatoms. The van der Waals surface area contributed by atoms with E-state index in [4.69, 9.17) is 5.73 Å². The lowest BCUT2D eigenvalue weighted by Crippen LogP contribution is -2.67. The Balaban J connectivity index is 3.09. The Morgan fingerprint density at radius 2 is 1.12 bits per heavy atom. The Bertz CT molecular complexity index is 594. The second-order valence-corrected chi connectivity index (χ2v) is 4.78. The van der Waals surface area contributed by atoms with Crippen molar-refractivity contribution in [2.45, 2.75) is 29.9 Å². The van der Waals surface area contributed by atoms with Gasteiger partial charge in [-0.1, -0.05) is 0 Å². The first-order valence-corrected chi connectivity index (χ1v) is 6.04. The van der Waals surface area contributed by atoms with Crippen LogP contribution in [0.15, 0.2) is 24.3 Å². The quantitative estimate of drug-likeness (QED) is 0.561. The summed E-state index contributed by atoms with van der Waals surface area (Å²) in [5.41, 5.74) is 5.29. The lowest BCUT2D eigenvalue weighted by molar-refractivity contribution is -0.423. The first-order valence-electron chi connectivity index (χ1n) is 6.04. The summed E-state index contributed by atoms with van der Waals surface area (Å²) in [5, 5.41) is 0. The standard InChI is InChI=1S/C12H8F11NO/c13-8(14,5-25-7-3-1-6(24)2-4-7)9(15,16)10(17,18)11(19,20)12(21,22)23/h1-4H,5,24H2. The maximum absolute atomic E-state index is 13.3. The van der Waals surface area contributed by atoms with Crippen LogP contribution < -0.4 is 10.5 Å². The lowest BCUT2D eigenvalue weighted by Gasteiger charge is -2.37. The molecule has 0 radical (unpaired) electrons. The minimum atomic E-state index is -7.44. The SMILES string of the molecule is Nc1ccc(OCC(F)(F)C(F)(F)C(F)(F)C(F)(F)C(F)(F)F)cc1. The van der Waals surface area contributed by atoms with Gasteiger partial charge in [-0.05, 0) is 24.3 Å². The van der Waals surface area contributed by atoms with Crippen molar-refractivity contribution in [2.75, 3.05) is 12.3 Å². The average molecular weight is 391 g/mol. The summed E-state index contributed by atoms with van der Waals surface area (Å²) >= 11 is 0. The van der Waals surface area contributed by atoms with Gasteiger partial charge in [-0.3, -0.25) is 0 Å². The molecule has 0 aromatic heterocycles. The van der Waals surface area contributed by atoms with Gasteiger partial charge < -0.3 is 10.5 Å². The normalized spacial score (nSPS) is 14.5. The Hall–Kier alpha value is -1.95. The highest BCUT2D eigenvalue weighted by molar-refractivity contribution is 5.41. The topological polar surface area (TPSA) is 35.2 Å². The maximum atomic E-state index is 13.3. The van der Waals surface area contributed by atoms with Gasteiger partial charge in [-0.25, -0.2) is 0 Å². The van der Waals surface area contributed by atoms with Crippen LogP contribution in [-0.2, 0) is 0 Å². The molecule has 0 heterocycles. The fraction of sp³-hybridized carbons (Fsp3) is 0.500. The Labute approximate surface area is 132 Å². The molecule has 0 fully saturated rings. The van der Waals surface area contributed by atoms with Crippen molar-refractivity contribution in [1.82, 2.24) is 0 Å². The molecule has 0 amide bonds. The van der Waals surface area contributed by atoms with E-state index in [0.717, 1.165) is 24.3 Å². The highest BCUT2D eigenvalue weighted by Gasteiger charge is 2.87. The first kappa shape index (κ1) is 21.1. The van der Waals surface area contributed by atoms with Crippen LogP contribution in [0.5, 0.6) is 5.75 Å². The van der Waals surface area contributed by atoms with Crippen LogP contribution in [0.2, 0.25) is 0 Å². The number of rotatable bonds is 6. The summed E-state index contributed by atoms with van der Waals surface area (Å²) in [6.45, 7) is -2.59. The minimum absolute atomic E-state index is 0.0841. The smallest absolute Gasteiger partial charge is 0.460 e. The molecule has 144 valence electrons. The van der Waals surface area contributed by atoms with Gasteiger partial charge >= 0.3 is 29.9 Å². The predicted molar refractivity (Wildman–Crippen MR) is 62.2 cm³/mol. The second-order valence-electron chi connectivity index (χ2n) is 4.78. The molecule has 1 aromatic carbocycles. The highest BCUT2D eigenvalue weighted by Crippen LogP contribution is 2.57. The molecule has 2 nitrogen and oxygen atoms in total. The van der Waals surface area contributed by atoms with E-state index < -0.39 is 42.2 Å². The molecule has 25 heavy (non-hydrogen) atoms. The number of benzene rings is 1. The lowest BCUT2D eigenvalue weighted by atomic mass is 9.98. The van der Waals surface area contributed by atoms with Crippen molar-refractivity contribution in [3.05, 3.63) is 24.3 Å². The largest absolute Gasteiger partial charge is 0.487 e. The summed E-state index contributed by atoms with van der Waals surface area (Å²) < 4.78 is 144. The van der Waals surface area contributed by atoms with E-state index in [1.807, 2.05) is 0 Å². The number of halogens is 11. The van der Waals surface area contributed by atoms with E-state index in [1.165, 1.54) is 0 Å². The summed E-state index contributed by atoms with van der Waals surface area (Å²) in [7, 11) is 0. The van der Waals surface area contributed by atoms with Gasteiger partial charge in [0.2, 0.25) is 0 Å². The maximum Gasteiger partial charge on any atom is 0.460 e. The fourth-order valence-corrected chi connectivity index (χ4v) is 1.43. The average Bonchev–Trinajstić information content (AvgIpc) is 2.45. The zero-order valence-electron chi connectivity index (χ0n) is 11.7. The summed E-state index contributed by atoms with van der Waals surface area (Å²) in [5.74, 6) is -28.6. The van der Waals surface area contributed by atoms with Crippen molar-refractivity contribution >= 4 is 5.69 Å². The van der Waals surface area contributed by atoms with Gasteiger partial charge in [-0.15, -0.1) is 0 Å². The van der Waals surface area contributed by atoms with E-state index in [0.29, 0.717) is 0 Å². The van der Waals surface area contributed by atoms with Crippen LogP contribution in [0.1, 0.15) is 0 Å². The Morgan fingerprint density at radius 3 is 1.52 bits per heavy atom. The Morgan fingerprint density at radius 1 is 0.680 bits per heavy atom. The van der Waals surface area contributed by atoms with Crippen molar-refractivity contribution in [3.63, 3.8) is 0 Å². The summed E-state index contributed by atoms with van der Waals surface area (Å²) in [4.78, 5) is 0. The van der Waals surface area contributed by atoms with Crippen molar-refractivity contribution < 1.29 is 53.0 Å². The van der Waals surface area contributed by atoms with Crippen LogP contribution in [0.4, 0.5) is 54.0 Å². The van der Waals surface area contributed by atoms with Crippen LogP contribution in [0, 0.1) is 0 Å². The van der Waals surface area contributed by atoms with E-state index in [1.54, 1.807) is 0 Å². The van der Waals surface area contributed by atoms with Crippen molar-refractivity contribution in [3.8, 4) is 5.75 Å². The summed E-state index contributed by atoms with van der Waals surface area (Å²) in [6.07, 6.45) is -7.19. The number of hydrogen-bond donors (Lipinski definition) is 1. The molecule has 0 saturated carbocycles. The van der Waals surface area contributed by atoms with Crippen LogP contribution in [-0.4, -0.2) is 36.5 Å². The fourth-order valence-electron chi connectivity index (χ4n) is 1.43. The minimum Gasteiger partial charge on any atom is -0.487 e. The molecule has 0 atom stereocenters. The molecule has 0 spiro atoms. The number of nitrogens with two attached hydrogens (primary N) is 1. The third kappa shape index (κ3) is 3.54. The Kier molecular flexibility index (Phi) is 5.14. The zero-order chi connectivity index (χ0) is 19.9. The van der Waals surface area contributed by atoms with E-state index >= 15 is 0 Å². The second kappa shape index (κ2) is 6.09. The van der Waals surface area contributed by atoms with Gasteiger partial charge in [0.25, 0.3) is 0 Å². The highest BCUT2D eigenvalue weighted by atomic mass is 19.4. The first-order chi connectivity index (χ1) is 11.0.